The highest BCUT2D eigenvalue weighted by Crippen LogP contribution is 2.46. The zero-order chi connectivity index (χ0) is 31.6. The number of fused-ring (bicyclic) bond motifs is 10. The van der Waals surface area contributed by atoms with Crippen molar-refractivity contribution in [2.45, 2.75) is 0 Å². The average molecular weight is 614 g/mol. The predicted octanol–water partition coefficient (Wildman–Crippen LogP) is 10.6. The molecule has 0 fully saturated rings. The van der Waals surface area contributed by atoms with Crippen LogP contribution in [0.15, 0.2) is 164 Å². The molecule has 0 saturated heterocycles. The SMILES string of the molecule is c1ccc(-c2cc(-c3ccccc3)nc(-n3c4ccccc4c4c5cccnc5c5c(c6ccccc6n5-c5ccccc5)c43)n2)cc1. The Morgan fingerprint density at radius 1 is 0.417 bits per heavy atom. The van der Waals surface area contributed by atoms with Crippen LogP contribution >= 0.6 is 0 Å². The molecule has 0 N–H and O–H groups in total. The van der Waals surface area contributed by atoms with Crippen LogP contribution in [0, 0.1) is 0 Å². The second-order valence-electron chi connectivity index (χ2n) is 12.1. The van der Waals surface area contributed by atoms with Crippen LogP contribution in [-0.2, 0) is 0 Å². The zero-order valence-electron chi connectivity index (χ0n) is 25.8. The zero-order valence-corrected chi connectivity index (χ0v) is 25.8. The summed E-state index contributed by atoms with van der Waals surface area (Å²) in [5, 5.41) is 5.66. The van der Waals surface area contributed by atoms with Crippen molar-refractivity contribution in [3.05, 3.63) is 164 Å². The summed E-state index contributed by atoms with van der Waals surface area (Å²) in [4.78, 5) is 15.7. The molecule has 5 heteroatoms. The van der Waals surface area contributed by atoms with Gasteiger partial charge in [-0.15, -0.1) is 0 Å². The van der Waals surface area contributed by atoms with Gasteiger partial charge in [0.05, 0.1) is 39.0 Å². The van der Waals surface area contributed by atoms with Crippen LogP contribution < -0.4 is 0 Å². The molecule has 224 valence electrons. The van der Waals surface area contributed by atoms with E-state index < -0.39 is 0 Å². The van der Waals surface area contributed by atoms with E-state index >= 15 is 0 Å². The van der Waals surface area contributed by atoms with Crippen molar-refractivity contribution in [2.24, 2.45) is 0 Å². The molecule has 0 atom stereocenters. The van der Waals surface area contributed by atoms with Crippen LogP contribution in [-0.4, -0.2) is 24.1 Å². The molecule has 10 aromatic rings. The summed E-state index contributed by atoms with van der Waals surface area (Å²) in [5.74, 6) is 0.627. The molecule has 0 aliphatic rings. The van der Waals surface area contributed by atoms with Crippen molar-refractivity contribution >= 4 is 54.5 Å². The highest BCUT2D eigenvalue weighted by Gasteiger charge is 2.26. The van der Waals surface area contributed by atoms with Gasteiger partial charge in [-0.2, -0.15) is 0 Å². The molecule has 0 unspecified atom stereocenters. The van der Waals surface area contributed by atoms with Crippen LogP contribution in [0.2, 0.25) is 0 Å². The second-order valence-corrected chi connectivity index (χ2v) is 12.1. The van der Waals surface area contributed by atoms with Gasteiger partial charge in [-0.3, -0.25) is 9.55 Å². The highest BCUT2D eigenvalue weighted by atomic mass is 15.2. The fourth-order valence-electron chi connectivity index (χ4n) is 7.35. The minimum absolute atomic E-state index is 0.627. The third-order valence-electron chi connectivity index (χ3n) is 9.36. The molecule has 0 bridgehead atoms. The summed E-state index contributed by atoms with van der Waals surface area (Å²) in [6.07, 6.45) is 1.90. The highest BCUT2D eigenvalue weighted by molar-refractivity contribution is 6.36. The van der Waals surface area contributed by atoms with Crippen LogP contribution in [0.4, 0.5) is 0 Å². The van der Waals surface area contributed by atoms with E-state index in [4.69, 9.17) is 15.0 Å². The average Bonchev–Trinajstić information content (AvgIpc) is 3.70. The maximum atomic E-state index is 5.33. The van der Waals surface area contributed by atoms with E-state index in [9.17, 15) is 0 Å². The number of para-hydroxylation sites is 3. The molecule has 0 aliphatic heterocycles. The maximum absolute atomic E-state index is 5.33. The van der Waals surface area contributed by atoms with Gasteiger partial charge in [-0.1, -0.05) is 121 Å². The Bertz CT molecular complexity index is 2760. The first-order chi connectivity index (χ1) is 23.8. The van der Waals surface area contributed by atoms with Crippen LogP contribution in [0.5, 0.6) is 0 Å². The fraction of sp³-hybridized carbons (Fsp3) is 0. The third-order valence-corrected chi connectivity index (χ3v) is 9.36. The first-order valence-electron chi connectivity index (χ1n) is 16.1. The predicted molar refractivity (Wildman–Crippen MR) is 197 cm³/mol. The Kier molecular flexibility index (Phi) is 5.81. The number of hydrogen-bond donors (Lipinski definition) is 0. The maximum Gasteiger partial charge on any atom is 0.235 e. The molecule has 5 nitrogen and oxygen atoms in total. The van der Waals surface area contributed by atoms with E-state index in [1.165, 1.54) is 0 Å². The van der Waals surface area contributed by atoms with Crippen molar-refractivity contribution in [2.75, 3.05) is 0 Å². The van der Waals surface area contributed by atoms with Crippen LogP contribution in [0.3, 0.4) is 0 Å². The van der Waals surface area contributed by atoms with Gasteiger partial charge in [0.25, 0.3) is 0 Å². The number of nitrogens with zero attached hydrogens (tertiary/aromatic N) is 5. The van der Waals surface area contributed by atoms with Crippen molar-refractivity contribution in [1.29, 1.82) is 0 Å². The second kappa shape index (κ2) is 10.5. The van der Waals surface area contributed by atoms with Crippen LogP contribution in [0.1, 0.15) is 0 Å². The Balaban J connectivity index is 1.45. The van der Waals surface area contributed by atoms with Crippen molar-refractivity contribution < 1.29 is 0 Å². The molecular formula is C43H27N5. The standard InChI is InChI=1S/C43H27N5/c1-4-15-28(16-5-1)34-27-35(29-17-6-2-7-18-29)46-43(45-34)48-37-25-13-10-21-31(37)38-33-23-14-26-44-40(33)42-39(41(38)48)32-22-11-12-24-36(32)47(42)30-19-8-3-9-20-30/h1-27H. The summed E-state index contributed by atoms with van der Waals surface area (Å²) in [6, 6.07) is 54.9. The first-order valence-corrected chi connectivity index (χ1v) is 16.1. The molecule has 0 amide bonds. The molecule has 0 radical (unpaired) electrons. The molecule has 4 heterocycles. The third kappa shape index (κ3) is 3.88. The van der Waals surface area contributed by atoms with Gasteiger partial charge in [-0.25, -0.2) is 9.97 Å². The van der Waals surface area contributed by atoms with Gasteiger partial charge >= 0.3 is 0 Å². The first kappa shape index (κ1) is 26.6. The Morgan fingerprint density at radius 3 is 1.58 bits per heavy atom. The van der Waals surface area contributed by atoms with E-state index in [0.717, 1.165) is 82.7 Å². The molecular weight excluding hydrogens is 587 g/mol. The molecule has 0 spiro atoms. The van der Waals surface area contributed by atoms with E-state index in [1.807, 2.05) is 24.4 Å². The smallest absolute Gasteiger partial charge is 0.235 e. The monoisotopic (exact) mass is 613 g/mol. The summed E-state index contributed by atoms with van der Waals surface area (Å²) < 4.78 is 4.64. The number of pyridine rings is 1. The lowest BCUT2D eigenvalue weighted by Gasteiger charge is -2.13. The minimum Gasteiger partial charge on any atom is -0.307 e. The Hall–Kier alpha value is -6.59. The van der Waals surface area contributed by atoms with Gasteiger partial charge in [0.2, 0.25) is 5.95 Å². The van der Waals surface area contributed by atoms with Gasteiger partial charge in [0, 0.05) is 49.9 Å². The number of aromatic nitrogens is 5. The van der Waals surface area contributed by atoms with E-state index in [2.05, 4.69) is 149 Å². The molecule has 48 heavy (non-hydrogen) atoms. The molecule has 0 aliphatic carbocycles. The topological polar surface area (TPSA) is 48.5 Å². The number of benzene rings is 6. The van der Waals surface area contributed by atoms with Gasteiger partial charge < -0.3 is 4.57 Å². The van der Waals surface area contributed by atoms with Gasteiger partial charge in [0.1, 0.15) is 0 Å². The van der Waals surface area contributed by atoms with Gasteiger partial charge in [-0.05, 0) is 36.4 Å². The molecule has 0 saturated carbocycles. The lowest BCUT2D eigenvalue weighted by Crippen LogP contribution is -2.04. The number of hydrogen-bond acceptors (Lipinski definition) is 3. The normalized spacial score (nSPS) is 11.8. The largest absolute Gasteiger partial charge is 0.307 e. The fourth-order valence-corrected chi connectivity index (χ4v) is 7.35. The Morgan fingerprint density at radius 2 is 0.938 bits per heavy atom. The molecule has 10 rings (SSSR count). The molecule has 4 aromatic heterocycles. The quantitative estimate of drug-likeness (QED) is 0.198. The molecule has 6 aromatic carbocycles. The minimum atomic E-state index is 0.627. The van der Waals surface area contributed by atoms with Crippen molar-refractivity contribution in [1.82, 2.24) is 24.1 Å². The number of rotatable bonds is 4. The Labute approximate surface area is 276 Å². The van der Waals surface area contributed by atoms with E-state index in [-0.39, 0.29) is 0 Å². The van der Waals surface area contributed by atoms with Gasteiger partial charge in [0.15, 0.2) is 0 Å². The van der Waals surface area contributed by atoms with E-state index in [0.29, 0.717) is 5.95 Å². The summed E-state index contributed by atoms with van der Waals surface area (Å²) >= 11 is 0. The van der Waals surface area contributed by atoms with E-state index in [1.54, 1.807) is 0 Å². The summed E-state index contributed by atoms with van der Waals surface area (Å²) in [6.45, 7) is 0. The van der Waals surface area contributed by atoms with Crippen molar-refractivity contribution in [3.63, 3.8) is 0 Å². The summed E-state index contributed by atoms with van der Waals surface area (Å²) in [7, 11) is 0. The van der Waals surface area contributed by atoms with Crippen LogP contribution in [0.25, 0.3) is 88.7 Å². The summed E-state index contributed by atoms with van der Waals surface area (Å²) in [5.41, 5.74) is 10.2. The lowest BCUT2D eigenvalue weighted by molar-refractivity contribution is 0.998. The lowest BCUT2D eigenvalue weighted by atomic mass is 10.0. The van der Waals surface area contributed by atoms with Crippen molar-refractivity contribution in [3.8, 4) is 34.2 Å².